The second-order valence-corrected chi connectivity index (χ2v) is 7.18. The maximum atomic E-state index is 12.8. The Morgan fingerprint density at radius 1 is 1.19 bits per heavy atom. The normalized spacial score (nSPS) is 15.3. The molecule has 0 radical (unpaired) electrons. The van der Waals surface area contributed by atoms with Crippen LogP contribution < -0.4 is 0 Å². The molecule has 3 rings (SSSR count). The predicted octanol–water partition coefficient (Wildman–Crippen LogP) is 3.19. The number of benzene rings is 1. The van der Waals surface area contributed by atoms with Gasteiger partial charge in [0.2, 0.25) is 17.7 Å². The van der Waals surface area contributed by atoms with Crippen molar-refractivity contribution in [2.24, 2.45) is 0 Å². The fourth-order valence-electron chi connectivity index (χ4n) is 2.68. The third kappa shape index (κ3) is 5.00. The highest BCUT2D eigenvalue weighted by atomic mass is 32.2. The van der Waals surface area contributed by atoms with E-state index < -0.39 is 11.7 Å². The lowest BCUT2D eigenvalue weighted by Gasteiger charge is -2.26. The van der Waals surface area contributed by atoms with Crippen LogP contribution in [0.15, 0.2) is 28.7 Å². The van der Waals surface area contributed by atoms with Crippen LogP contribution in [0.1, 0.15) is 29.3 Å². The fraction of sp³-hybridized carbons (Fsp3) is 0.471. The lowest BCUT2D eigenvalue weighted by Crippen LogP contribution is -2.37. The second kappa shape index (κ2) is 8.11. The molecule has 2 aromatic rings. The van der Waals surface area contributed by atoms with Crippen molar-refractivity contribution in [1.29, 1.82) is 0 Å². The van der Waals surface area contributed by atoms with Gasteiger partial charge in [-0.05, 0) is 11.6 Å². The molecule has 1 fully saturated rings. The van der Waals surface area contributed by atoms with Gasteiger partial charge in [0.25, 0.3) is 0 Å². The van der Waals surface area contributed by atoms with Gasteiger partial charge in [-0.2, -0.15) is 24.9 Å². The zero-order chi connectivity index (χ0) is 18.6. The first kappa shape index (κ1) is 18.8. The van der Waals surface area contributed by atoms with Gasteiger partial charge in [-0.25, -0.2) is 0 Å². The molecule has 1 aliphatic rings. The molecule has 0 unspecified atom stereocenters. The minimum absolute atomic E-state index is 0.0583. The van der Waals surface area contributed by atoms with Crippen molar-refractivity contribution in [2.45, 2.75) is 25.4 Å². The summed E-state index contributed by atoms with van der Waals surface area (Å²) in [5, 5.41) is 7.75. The number of alkyl halides is 3. The lowest BCUT2D eigenvalue weighted by molar-refractivity contribution is -0.137. The Labute approximate surface area is 153 Å². The van der Waals surface area contributed by atoms with E-state index in [1.807, 2.05) is 16.7 Å². The first-order valence-corrected chi connectivity index (χ1v) is 9.40. The number of hydrogen-bond donors (Lipinski definition) is 0. The molecule has 1 aromatic heterocycles. The summed E-state index contributed by atoms with van der Waals surface area (Å²) in [6, 6.07) is 5.03. The Balaban J connectivity index is 1.55. The van der Waals surface area contributed by atoms with Gasteiger partial charge in [-0.15, -0.1) is 10.2 Å². The number of carbonyl (C=O) groups excluding carboxylic acids is 1. The van der Waals surface area contributed by atoms with E-state index in [-0.39, 0.29) is 24.6 Å². The molecule has 0 spiro atoms. The van der Waals surface area contributed by atoms with Crippen molar-refractivity contribution in [2.75, 3.05) is 24.6 Å². The summed E-state index contributed by atoms with van der Waals surface area (Å²) in [6.07, 6.45) is -3.65. The smallest absolute Gasteiger partial charge is 0.416 e. The number of nitrogens with zero attached hydrogens (tertiary/aromatic N) is 3. The fourth-order valence-corrected chi connectivity index (χ4v) is 3.58. The van der Waals surface area contributed by atoms with E-state index in [1.165, 1.54) is 6.07 Å². The molecule has 0 aliphatic carbocycles. The zero-order valence-electron chi connectivity index (χ0n) is 14.0. The highest BCUT2D eigenvalue weighted by Crippen LogP contribution is 2.29. The summed E-state index contributed by atoms with van der Waals surface area (Å²) >= 11 is 1.83. The Morgan fingerprint density at radius 2 is 1.92 bits per heavy atom. The molecule has 1 saturated heterocycles. The highest BCUT2D eigenvalue weighted by molar-refractivity contribution is 7.99. The van der Waals surface area contributed by atoms with Crippen molar-refractivity contribution in [1.82, 2.24) is 15.1 Å². The summed E-state index contributed by atoms with van der Waals surface area (Å²) in [6.45, 7) is 1.52. The Morgan fingerprint density at radius 3 is 2.65 bits per heavy atom. The van der Waals surface area contributed by atoms with Crippen molar-refractivity contribution < 1.29 is 22.4 Å². The summed E-state index contributed by atoms with van der Waals surface area (Å²) in [5.41, 5.74) is -0.267. The molecule has 1 amide bonds. The number of thioether (sulfide) groups is 1. The molecule has 1 aliphatic heterocycles. The first-order valence-electron chi connectivity index (χ1n) is 8.25. The van der Waals surface area contributed by atoms with Crippen LogP contribution in [0.4, 0.5) is 13.2 Å². The summed E-state index contributed by atoms with van der Waals surface area (Å²) < 4.78 is 43.7. The topological polar surface area (TPSA) is 59.2 Å². The van der Waals surface area contributed by atoms with Gasteiger partial charge in [-0.3, -0.25) is 4.79 Å². The largest absolute Gasteiger partial charge is 0.425 e. The van der Waals surface area contributed by atoms with Gasteiger partial charge in [0, 0.05) is 37.4 Å². The van der Waals surface area contributed by atoms with Crippen LogP contribution in [0, 0.1) is 0 Å². The Kier molecular flexibility index (Phi) is 5.85. The van der Waals surface area contributed by atoms with E-state index in [0.717, 1.165) is 36.7 Å². The molecule has 0 N–H and O–H groups in total. The third-order valence-electron chi connectivity index (χ3n) is 4.03. The molecule has 9 heteroatoms. The van der Waals surface area contributed by atoms with E-state index in [1.54, 1.807) is 6.07 Å². The number of amides is 1. The Bertz CT molecular complexity index is 758. The molecule has 26 heavy (non-hydrogen) atoms. The van der Waals surface area contributed by atoms with Crippen LogP contribution in [0.3, 0.4) is 0 Å². The number of rotatable bonds is 5. The van der Waals surface area contributed by atoms with Crippen LogP contribution in [-0.4, -0.2) is 45.6 Å². The van der Waals surface area contributed by atoms with E-state index in [0.29, 0.717) is 17.9 Å². The number of aryl methyl sites for hydroxylation is 1. The van der Waals surface area contributed by atoms with Crippen LogP contribution in [0.2, 0.25) is 0 Å². The molecular weight excluding hydrogens is 367 g/mol. The van der Waals surface area contributed by atoms with Crippen LogP contribution >= 0.6 is 11.8 Å². The molecular formula is C17H18F3N3O2S. The van der Waals surface area contributed by atoms with E-state index in [4.69, 9.17) is 4.42 Å². The van der Waals surface area contributed by atoms with Crippen LogP contribution in [-0.2, 0) is 23.8 Å². The van der Waals surface area contributed by atoms with Gasteiger partial charge >= 0.3 is 6.18 Å². The van der Waals surface area contributed by atoms with Gasteiger partial charge in [0.1, 0.15) is 0 Å². The number of halogens is 3. The quantitative estimate of drug-likeness (QED) is 0.791. The summed E-state index contributed by atoms with van der Waals surface area (Å²) in [4.78, 5) is 14.0. The summed E-state index contributed by atoms with van der Waals surface area (Å²) in [5.74, 6) is 2.52. The monoisotopic (exact) mass is 385 g/mol. The molecule has 0 saturated carbocycles. The van der Waals surface area contributed by atoms with Crippen molar-refractivity contribution in [3.05, 3.63) is 47.2 Å². The van der Waals surface area contributed by atoms with Crippen molar-refractivity contribution in [3.63, 3.8) is 0 Å². The van der Waals surface area contributed by atoms with Crippen molar-refractivity contribution in [3.8, 4) is 0 Å². The number of aromatic nitrogens is 2. The maximum absolute atomic E-state index is 12.8. The van der Waals surface area contributed by atoms with E-state index in [2.05, 4.69) is 10.2 Å². The lowest BCUT2D eigenvalue weighted by atomic mass is 10.1. The average molecular weight is 385 g/mol. The first-order chi connectivity index (χ1) is 12.4. The molecule has 0 bridgehead atoms. The predicted molar refractivity (Wildman–Crippen MR) is 90.8 cm³/mol. The number of hydrogen-bond acceptors (Lipinski definition) is 5. The van der Waals surface area contributed by atoms with E-state index in [9.17, 15) is 18.0 Å². The molecule has 0 atom stereocenters. The zero-order valence-corrected chi connectivity index (χ0v) is 14.8. The standard InChI is InChI=1S/C17H18F3N3O2S/c18-17(19,20)13-3-1-2-12(10-13)11-15-22-21-14(25-15)4-5-16(24)23-6-8-26-9-7-23/h1-3,10H,4-9,11H2. The third-order valence-corrected chi connectivity index (χ3v) is 4.98. The number of carbonyl (C=O) groups is 1. The second-order valence-electron chi connectivity index (χ2n) is 5.96. The van der Waals surface area contributed by atoms with Gasteiger partial charge in [0.05, 0.1) is 12.0 Å². The van der Waals surface area contributed by atoms with Gasteiger partial charge in [-0.1, -0.05) is 18.2 Å². The molecule has 5 nitrogen and oxygen atoms in total. The Hall–Kier alpha value is -2.03. The van der Waals surface area contributed by atoms with Crippen LogP contribution in [0.25, 0.3) is 0 Å². The van der Waals surface area contributed by atoms with Gasteiger partial charge in [0.15, 0.2) is 0 Å². The van der Waals surface area contributed by atoms with Crippen molar-refractivity contribution >= 4 is 17.7 Å². The SMILES string of the molecule is O=C(CCc1nnc(Cc2cccc(C(F)(F)F)c2)o1)N1CCSCC1. The minimum Gasteiger partial charge on any atom is -0.425 e. The van der Waals surface area contributed by atoms with E-state index >= 15 is 0 Å². The maximum Gasteiger partial charge on any atom is 0.416 e. The average Bonchev–Trinajstić information content (AvgIpc) is 3.07. The highest BCUT2D eigenvalue weighted by Gasteiger charge is 2.30. The molecule has 1 aromatic carbocycles. The van der Waals surface area contributed by atoms with Gasteiger partial charge < -0.3 is 9.32 Å². The molecule has 2 heterocycles. The summed E-state index contributed by atoms with van der Waals surface area (Å²) in [7, 11) is 0. The molecule has 140 valence electrons. The van der Waals surface area contributed by atoms with Crippen LogP contribution in [0.5, 0.6) is 0 Å². The minimum atomic E-state index is -4.39.